The minimum absolute atomic E-state index is 0.0210. The van der Waals surface area contributed by atoms with Crippen LogP contribution >= 0.6 is 11.8 Å². The van der Waals surface area contributed by atoms with Gasteiger partial charge in [0.25, 0.3) is 0 Å². The molecule has 0 N–H and O–H groups in total. The first-order chi connectivity index (χ1) is 13.4. The molecule has 0 saturated heterocycles. The predicted octanol–water partition coefficient (Wildman–Crippen LogP) is 5.45. The third kappa shape index (κ3) is 4.42. The van der Waals surface area contributed by atoms with Crippen molar-refractivity contribution in [3.63, 3.8) is 0 Å². The molecule has 0 radical (unpaired) electrons. The number of hydrogen-bond acceptors (Lipinski definition) is 4. The van der Waals surface area contributed by atoms with Gasteiger partial charge in [-0.15, -0.1) is 0 Å². The van der Waals surface area contributed by atoms with E-state index in [2.05, 4.69) is 9.72 Å². The molecule has 0 saturated carbocycles. The van der Waals surface area contributed by atoms with Gasteiger partial charge in [0.1, 0.15) is 5.75 Å². The van der Waals surface area contributed by atoms with Crippen molar-refractivity contribution in [1.29, 1.82) is 0 Å². The molecule has 0 amide bonds. The number of aromatic nitrogens is 2. The Kier molecular flexibility index (Phi) is 6.14. The first kappa shape index (κ1) is 20.1. The average Bonchev–Trinajstić information content (AvgIpc) is 2.96. The number of alkyl halides is 2. The van der Waals surface area contributed by atoms with Gasteiger partial charge in [0, 0.05) is 28.8 Å². The predicted molar refractivity (Wildman–Crippen MR) is 106 cm³/mol. The third-order valence-corrected chi connectivity index (χ3v) is 5.37. The topological polar surface area (TPSA) is 44.1 Å². The number of aryl methyl sites for hydroxylation is 1. The molecular weight excluding hydrogens is 382 g/mol. The Hall–Kier alpha value is -2.67. The normalized spacial score (nSPS) is 12.2. The zero-order valence-electron chi connectivity index (χ0n) is 15.7. The average molecular weight is 402 g/mol. The maximum atomic E-state index is 13.0. The molecule has 2 aromatic heterocycles. The number of rotatable bonds is 7. The number of pyridine rings is 1. The molecule has 1 unspecified atom stereocenters. The molecule has 7 heteroatoms. The van der Waals surface area contributed by atoms with E-state index >= 15 is 0 Å². The standard InChI is InChI=1S/C21H20F2N2O2S/c1-13-12-18(20(26)15(3)28-19-6-4-5-11-24-19)14(2)25(13)16-7-9-17(10-8-16)27-21(22)23/h4-12,15,21H,1-3H3. The van der Waals surface area contributed by atoms with Crippen LogP contribution in [0.25, 0.3) is 5.69 Å². The molecule has 1 atom stereocenters. The van der Waals surface area contributed by atoms with Crippen LogP contribution in [0.15, 0.2) is 59.8 Å². The first-order valence-corrected chi connectivity index (χ1v) is 9.61. The van der Waals surface area contributed by atoms with Crippen LogP contribution < -0.4 is 4.74 Å². The van der Waals surface area contributed by atoms with Gasteiger partial charge in [0.2, 0.25) is 0 Å². The Bertz CT molecular complexity index is 957. The Balaban J connectivity index is 1.84. The minimum atomic E-state index is -2.86. The quantitative estimate of drug-likeness (QED) is 0.389. The van der Waals surface area contributed by atoms with Crippen LogP contribution in [0.2, 0.25) is 0 Å². The van der Waals surface area contributed by atoms with Crippen LogP contribution in [0, 0.1) is 13.8 Å². The van der Waals surface area contributed by atoms with E-state index in [9.17, 15) is 13.6 Å². The number of hydrogen-bond donors (Lipinski definition) is 0. The summed E-state index contributed by atoms with van der Waals surface area (Å²) in [5.41, 5.74) is 3.11. The lowest BCUT2D eigenvalue weighted by molar-refractivity contribution is -0.0498. The number of Topliss-reactive ketones (excluding diaryl/α,β-unsaturated/α-hetero) is 1. The molecule has 0 aliphatic rings. The largest absolute Gasteiger partial charge is 0.435 e. The molecule has 3 aromatic rings. The van der Waals surface area contributed by atoms with Gasteiger partial charge in [0.05, 0.1) is 10.3 Å². The molecule has 0 aliphatic carbocycles. The fourth-order valence-corrected chi connectivity index (χ4v) is 3.93. The van der Waals surface area contributed by atoms with Gasteiger partial charge in [0.15, 0.2) is 5.78 Å². The molecule has 0 spiro atoms. The highest BCUT2D eigenvalue weighted by molar-refractivity contribution is 8.00. The third-order valence-electron chi connectivity index (χ3n) is 4.32. The molecule has 0 aliphatic heterocycles. The molecule has 2 heterocycles. The van der Waals surface area contributed by atoms with Gasteiger partial charge in [-0.1, -0.05) is 17.8 Å². The highest BCUT2D eigenvalue weighted by Gasteiger charge is 2.22. The zero-order chi connectivity index (χ0) is 20.3. The molecule has 0 bridgehead atoms. The SMILES string of the molecule is Cc1cc(C(=O)C(C)Sc2ccccn2)c(C)n1-c1ccc(OC(F)F)cc1. The number of thioether (sulfide) groups is 1. The van der Waals surface area contributed by atoms with Gasteiger partial charge in [-0.3, -0.25) is 4.79 Å². The second-order valence-corrected chi connectivity index (χ2v) is 7.65. The fraction of sp³-hybridized carbons (Fsp3) is 0.238. The van der Waals surface area contributed by atoms with Crippen molar-refractivity contribution in [3.8, 4) is 11.4 Å². The van der Waals surface area contributed by atoms with E-state index < -0.39 is 6.61 Å². The number of carbonyl (C=O) groups is 1. The maximum absolute atomic E-state index is 13.0. The molecule has 146 valence electrons. The van der Waals surface area contributed by atoms with Gasteiger partial charge in [-0.2, -0.15) is 8.78 Å². The molecule has 28 heavy (non-hydrogen) atoms. The number of halogens is 2. The van der Waals surface area contributed by atoms with Crippen molar-refractivity contribution >= 4 is 17.5 Å². The van der Waals surface area contributed by atoms with Crippen LogP contribution in [-0.2, 0) is 0 Å². The van der Waals surface area contributed by atoms with Crippen molar-refractivity contribution in [3.05, 3.63) is 71.7 Å². The van der Waals surface area contributed by atoms with Crippen LogP contribution in [0.3, 0.4) is 0 Å². The summed E-state index contributed by atoms with van der Waals surface area (Å²) in [4.78, 5) is 17.2. The molecule has 3 rings (SSSR count). The molecule has 1 aromatic carbocycles. The van der Waals surface area contributed by atoms with E-state index in [0.29, 0.717) is 5.56 Å². The number of carbonyl (C=O) groups excluding carboxylic acids is 1. The summed E-state index contributed by atoms with van der Waals surface area (Å²) >= 11 is 1.42. The number of ketones is 1. The van der Waals surface area contributed by atoms with Crippen LogP contribution in [0.5, 0.6) is 5.75 Å². The molecular formula is C21H20F2N2O2S. The lowest BCUT2D eigenvalue weighted by Crippen LogP contribution is -2.14. The fourth-order valence-electron chi connectivity index (χ4n) is 3.06. The first-order valence-electron chi connectivity index (χ1n) is 8.73. The summed E-state index contributed by atoms with van der Waals surface area (Å²) in [7, 11) is 0. The summed E-state index contributed by atoms with van der Waals surface area (Å²) in [6.07, 6.45) is 1.70. The van der Waals surface area contributed by atoms with Crippen molar-refractivity contribution in [2.75, 3.05) is 0 Å². The zero-order valence-corrected chi connectivity index (χ0v) is 16.5. The highest BCUT2D eigenvalue weighted by Crippen LogP contribution is 2.28. The Morgan fingerprint density at radius 3 is 2.46 bits per heavy atom. The number of nitrogens with zero attached hydrogens (tertiary/aromatic N) is 2. The summed E-state index contributed by atoms with van der Waals surface area (Å²) in [6, 6.07) is 13.8. The smallest absolute Gasteiger partial charge is 0.387 e. The van der Waals surface area contributed by atoms with E-state index in [1.54, 1.807) is 18.3 Å². The Labute approximate surface area is 166 Å². The van der Waals surface area contributed by atoms with E-state index in [4.69, 9.17) is 0 Å². The van der Waals surface area contributed by atoms with Gasteiger partial charge in [-0.05, 0) is 63.2 Å². The van der Waals surface area contributed by atoms with Crippen LogP contribution in [-0.4, -0.2) is 27.2 Å². The summed E-state index contributed by atoms with van der Waals surface area (Å²) < 4.78 is 31.0. The van der Waals surface area contributed by atoms with Gasteiger partial charge in [-0.25, -0.2) is 4.98 Å². The summed E-state index contributed by atoms with van der Waals surface area (Å²) in [6.45, 7) is 2.79. The van der Waals surface area contributed by atoms with E-state index in [-0.39, 0.29) is 16.8 Å². The summed E-state index contributed by atoms with van der Waals surface area (Å²) in [5, 5.41) is 0.512. The lowest BCUT2D eigenvalue weighted by Gasteiger charge is -2.12. The highest BCUT2D eigenvalue weighted by atomic mass is 32.2. The molecule has 0 fully saturated rings. The van der Waals surface area contributed by atoms with Crippen molar-refractivity contribution in [2.45, 2.75) is 37.7 Å². The monoisotopic (exact) mass is 402 g/mol. The van der Waals surface area contributed by atoms with Crippen LogP contribution in [0.1, 0.15) is 28.7 Å². The second-order valence-electron chi connectivity index (χ2n) is 6.28. The Morgan fingerprint density at radius 2 is 1.86 bits per heavy atom. The minimum Gasteiger partial charge on any atom is -0.435 e. The molecule has 4 nitrogen and oxygen atoms in total. The second kappa shape index (κ2) is 8.56. The number of ether oxygens (including phenoxy) is 1. The summed E-state index contributed by atoms with van der Waals surface area (Å²) in [5.74, 6) is 0.116. The Morgan fingerprint density at radius 1 is 1.14 bits per heavy atom. The van der Waals surface area contributed by atoms with E-state index in [0.717, 1.165) is 22.1 Å². The van der Waals surface area contributed by atoms with Crippen molar-refractivity contribution in [2.24, 2.45) is 0 Å². The number of benzene rings is 1. The van der Waals surface area contributed by atoms with Crippen LogP contribution in [0.4, 0.5) is 8.78 Å². The maximum Gasteiger partial charge on any atom is 0.387 e. The van der Waals surface area contributed by atoms with E-state index in [1.165, 1.54) is 23.9 Å². The van der Waals surface area contributed by atoms with Crippen molar-refractivity contribution < 1.29 is 18.3 Å². The van der Waals surface area contributed by atoms with Gasteiger partial charge < -0.3 is 9.30 Å². The van der Waals surface area contributed by atoms with Crippen molar-refractivity contribution in [1.82, 2.24) is 9.55 Å². The van der Waals surface area contributed by atoms with E-state index in [1.807, 2.05) is 49.6 Å². The lowest BCUT2D eigenvalue weighted by atomic mass is 10.1. The van der Waals surface area contributed by atoms with Gasteiger partial charge >= 0.3 is 6.61 Å².